The quantitative estimate of drug-likeness (QED) is 0.825. The molecule has 4 heteroatoms. The molecule has 1 unspecified atom stereocenters. The zero-order valence-electron chi connectivity index (χ0n) is 10.1. The van der Waals surface area contributed by atoms with Crippen LogP contribution in [0.2, 0.25) is 4.34 Å². The Morgan fingerprint density at radius 3 is 2.72 bits per heavy atom. The smallest absolute Gasteiger partial charge is 0.0931 e. The number of aliphatic hydroxyl groups excluding tert-OH is 1. The van der Waals surface area contributed by atoms with Crippen LogP contribution in [-0.4, -0.2) is 17.0 Å². The van der Waals surface area contributed by atoms with Crippen molar-refractivity contribution < 1.29 is 5.11 Å². The maximum absolute atomic E-state index is 10.0. The van der Waals surface area contributed by atoms with Gasteiger partial charge in [0.2, 0.25) is 0 Å². The second-order valence-electron chi connectivity index (χ2n) is 4.14. The van der Waals surface area contributed by atoms with E-state index in [2.05, 4.69) is 19.1 Å². The summed E-state index contributed by atoms with van der Waals surface area (Å²) in [5.41, 5.74) is 1.26. The fraction of sp³-hybridized carbons (Fsp3) is 0.286. The van der Waals surface area contributed by atoms with Crippen molar-refractivity contribution >= 4 is 34.7 Å². The van der Waals surface area contributed by atoms with E-state index in [9.17, 15) is 5.11 Å². The largest absolute Gasteiger partial charge is 0.392 e. The average Bonchev–Trinajstić information content (AvgIpc) is 2.74. The van der Waals surface area contributed by atoms with Gasteiger partial charge in [0.25, 0.3) is 0 Å². The van der Waals surface area contributed by atoms with Crippen LogP contribution >= 0.6 is 34.7 Å². The van der Waals surface area contributed by atoms with Crippen molar-refractivity contribution in [3.05, 3.63) is 51.2 Å². The van der Waals surface area contributed by atoms with Gasteiger partial charge in [0.1, 0.15) is 0 Å². The predicted molar refractivity (Wildman–Crippen MR) is 80.9 cm³/mol. The van der Waals surface area contributed by atoms with Crippen LogP contribution in [0.25, 0.3) is 0 Å². The topological polar surface area (TPSA) is 20.2 Å². The molecule has 0 bridgehead atoms. The second-order valence-corrected chi connectivity index (χ2v) is 7.00. The van der Waals surface area contributed by atoms with Crippen LogP contribution < -0.4 is 0 Å². The van der Waals surface area contributed by atoms with Crippen LogP contribution in [-0.2, 0) is 6.42 Å². The van der Waals surface area contributed by atoms with Gasteiger partial charge in [-0.05, 0) is 30.7 Å². The van der Waals surface area contributed by atoms with Crippen LogP contribution in [0, 0.1) is 6.92 Å². The number of hydrogen-bond acceptors (Lipinski definition) is 3. The molecule has 1 heterocycles. The molecule has 2 rings (SSSR count). The molecule has 1 atom stereocenters. The van der Waals surface area contributed by atoms with E-state index in [1.807, 2.05) is 24.3 Å². The average molecular weight is 299 g/mol. The molecule has 18 heavy (non-hydrogen) atoms. The van der Waals surface area contributed by atoms with Crippen molar-refractivity contribution in [3.63, 3.8) is 0 Å². The standard InChI is InChI=1S/C14H15ClOS2/c1-10-4-2-3-5-13(10)17-9-11(16)8-12-6-7-14(15)18-12/h2-7,11,16H,8-9H2,1H3. The SMILES string of the molecule is Cc1ccccc1SCC(O)Cc1ccc(Cl)s1. The fourth-order valence-electron chi connectivity index (χ4n) is 1.66. The number of thioether (sulfide) groups is 1. The van der Waals surface area contributed by atoms with Gasteiger partial charge in [-0.15, -0.1) is 23.1 Å². The van der Waals surface area contributed by atoms with Gasteiger partial charge in [-0.2, -0.15) is 0 Å². The number of benzene rings is 1. The molecule has 96 valence electrons. The lowest BCUT2D eigenvalue weighted by Crippen LogP contribution is -2.12. The highest BCUT2D eigenvalue weighted by Crippen LogP contribution is 2.26. The summed E-state index contributed by atoms with van der Waals surface area (Å²) in [5.74, 6) is 0.709. The summed E-state index contributed by atoms with van der Waals surface area (Å²) in [6.45, 7) is 2.09. The van der Waals surface area contributed by atoms with Crippen molar-refractivity contribution in [2.45, 2.75) is 24.3 Å². The van der Waals surface area contributed by atoms with Gasteiger partial charge in [0.05, 0.1) is 10.4 Å². The third-order valence-corrected chi connectivity index (χ3v) is 5.16. The molecule has 0 fully saturated rings. The lowest BCUT2D eigenvalue weighted by molar-refractivity contribution is 0.201. The Balaban J connectivity index is 1.85. The van der Waals surface area contributed by atoms with Crippen LogP contribution in [0.4, 0.5) is 0 Å². The van der Waals surface area contributed by atoms with E-state index < -0.39 is 0 Å². The van der Waals surface area contributed by atoms with Crippen LogP contribution in [0.5, 0.6) is 0 Å². The fourth-order valence-corrected chi connectivity index (χ4v) is 3.78. The molecule has 1 N–H and O–H groups in total. The first kappa shape index (κ1) is 13.9. The summed E-state index contributed by atoms with van der Waals surface area (Å²) in [6, 6.07) is 12.1. The summed E-state index contributed by atoms with van der Waals surface area (Å²) in [6.07, 6.45) is 0.348. The third kappa shape index (κ3) is 4.02. The first-order chi connectivity index (χ1) is 8.65. The highest BCUT2D eigenvalue weighted by atomic mass is 35.5. The van der Waals surface area contributed by atoms with Crippen molar-refractivity contribution in [1.82, 2.24) is 0 Å². The van der Waals surface area contributed by atoms with Gasteiger partial charge in [0.15, 0.2) is 0 Å². The van der Waals surface area contributed by atoms with E-state index in [1.54, 1.807) is 11.8 Å². The van der Waals surface area contributed by atoms with Crippen molar-refractivity contribution in [3.8, 4) is 0 Å². The number of rotatable bonds is 5. The highest BCUT2D eigenvalue weighted by molar-refractivity contribution is 7.99. The van der Waals surface area contributed by atoms with Gasteiger partial charge in [-0.3, -0.25) is 0 Å². The minimum atomic E-state index is -0.329. The Labute approximate surface area is 121 Å². The van der Waals surface area contributed by atoms with Crippen molar-refractivity contribution in [2.24, 2.45) is 0 Å². The summed E-state index contributed by atoms with van der Waals surface area (Å²) in [5, 5.41) is 10.0. The van der Waals surface area contributed by atoms with E-state index in [1.165, 1.54) is 21.8 Å². The molecule has 0 spiro atoms. The Hall–Kier alpha value is -0.480. The van der Waals surface area contributed by atoms with Gasteiger partial charge in [-0.25, -0.2) is 0 Å². The molecule has 0 aliphatic carbocycles. The molecule has 1 aromatic carbocycles. The summed E-state index contributed by atoms with van der Waals surface area (Å²) in [7, 11) is 0. The molecular formula is C14H15ClOS2. The minimum Gasteiger partial charge on any atom is -0.392 e. The Bertz CT molecular complexity index is 510. The predicted octanol–water partition coefficient (Wildman–Crippen LogP) is 4.41. The van der Waals surface area contributed by atoms with Crippen LogP contribution in [0.15, 0.2) is 41.3 Å². The molecule has 1 nitrogen and oxygen atoms in total. The number of aryl methyl sites for hydroxylation is 1. The molecule has 0 aliphatic rings. The van der Waals surface area contributed by atoms with Gasteiger partial charge < -0.3 is 5.11 Å². The van der Waals surface area contributed by atoms with E-state index in [0.717, 1.165) is 9.21 Å². The summed E-state index contributed by atoms with van der Waals surface area (Å²) >= 11 is 9.11. The lowest BCUT2D eigenvalue weighted by Gasteiger charge is -2.10. The molecule has 0 saturated carbocycles. The lowest BCUT2D eigenvalue weighted by atomic mass is 10.2. The maximum atomic E-state index is 10.0. The van der Waals surface area contributed by atoms with Gasteiger partial charge >= 0.3 is 0 Å². The van der Waals surface area contributed by atoms with Crippen LogP contribution in [0.1, 0.15) is 10.4 Å². The zero-order chi connectivity index (χ0) is 13.0. The van der Waals surface area contributed by atoms with Crippen molar-refractivity contribution in [2.75, 3.05) is 5.75 Å². The zero-order valence-corrected chi connectivity index (χ0v) is 12.5. The summed E-state index contributed by atoms with van der Waals surface area (Å²) in [4.78, 5) is 2.37. The number of halogens is 1. The molecule has 0 amide bonds. The Kier molecular flexibility index (Phi) is 5.13. The molecular weight excluding hydrogens is 284 g/mol. The molecule has 0 aliphatic heterocycles. The van der Waals surface area contributed by atoms with Crippen molar-refractivity contribution in [1.29, 1.82) is 0 Å². The Morgan fingerprint density at radius 2 is 2.06 bits per heavy atom. The number of aliphatic hydroxyl groups is 1. The molecule has 0 saturated heterocycles. The number of hydrogen-bond donors (Lipinski definition) is 1. The van der Waals surface area contributed by atoms with Gasteiger partial charge in [-0.1, -0.05) is 29.8 Å². The minimum absolute atomic E-state index is 0.329. The summed E-state index contributed by atoms with van der Waals surface area (Å²) < 4.78 is 0.781. The van der Waals surface area contributed by atoms with E-state index in [-0.39, 0.29) is 6.10 Å². The maximum Gasteiger partial charge on any atom is 0.0931 e. The second kappa shape index (κ2) is 6.62. The Morgan fingerprint density at radius 1 is 1.28 bits per heavy atom. The van der Waals surface area contributed by atoms with E-state index >= 15 is 0 Å². The highest BCUT2D eigenvalue weighted by Gasteiger charge is 2.09. The van der Waals surface area contributed by atoms with Gasteiger partial charge in [0, 0.05) is 21.9 Å². The molecule has 1 aromatic heterocycles. The van der Waals surface area contributed by atoms with Crippen LogP contribution in [0.3, 0.4) is 0 Å². The van der Waals surface area contributed by atoms with E-state index in [4.69, 9.17) is 11.6 Å². The first-order valence-electron chi connectivity index (χ1n) is 5.76. The molecule has 2 aromatic rings. The molecule has 0 radical (unpaired) electrons. The third-order valence-electron chi connectivity index (χ3n) is 2.59. The number of thiophene rings is 1. The monoisotopic (exact) mass is 298 g/mol. The van der Waals surface area contributed by atoms with E-state index in [0.29, 0.717) is 12.2 Å². The normalized spacial score (nSPS) is 12.6. The first-order valence-corrected chi connectivity index (χ1v) is 7.94.